The lowest BCUT2D eigenvalue weighted by Crippen LogP contribution is -2.03. The SMILES string of the molecule is CCC(C)c1ccccc1Oc1cc(N)nc(COC)n1. The molecular weight excluding hydrogens is 266 g/mol. The average Bonchev–Trinajstić information content (AvgIpc) is 2.47. The Morgan fingerprint density at radius 2 is 2.00 bits per heavy atom. The first-order valence-corrected chi connectivity index (χ1v) is 7.03. The number of benzene rings is 1. The van der Waals surface area contributed by atoms with E-state index in [2.05, 4.69) is 29.9 Å². The molecule has 1 aromatic heterocycles. The molecule has 1 unspecified atom stereocenters. The number of nitrogens with zero attached hydrogens (tertiary/aromatic N) is 2. The Bertz CT molecular complexity index is 602. The molecule has 0 spiro atoms. The summed E-state index contributed by atoms with van der Waals surface area (Å²) >= 11 is 0. The van der Waals surface area contributed by atoms with Crippen LogP contribution in [0, 0.1) is 0 Å². The number of nitrogens with two attached hydrogens (primary N) is 1. The Morgan fingerprint density at radius 3 is 2.71 bits per heavy atom. The lowest BCUT2D eigenvalue weighted by molar-refractivity contribution is 0.177. The van der Waals surface area contributed by atoms with Gasteiger partial charge in [0.05, 0.1) is 0 Å². The van der Waals surface area contributed by atoms with Gasteiger partial charge in [-0.2, -0.15) is 4.98 Å². The van der Waals surface area contributed by atoms with Crippen molar-refractivity contribution in [3.63, 3.8) is 0 Å². The largest absolute Gasteiger partial charge is 0.439 e. The zero-order valence-corrected chi connectivity index (χ0v) is 12.7. The van der Waals surface area contributed by atoms with Gasteiger partial charge >= 0.3 is 0 Å². The standard InChI is InChI=1S/C16H21N3O2/c1-4-11(2)12-7-5-6-8-13(12)21-16-9-14(17)18-15(19-16)10-20-3/h5-9,11H,4,10H2,1-3H3,(H2,17,18,19). The second kappa shape index (κ2) is 7.04. The van der Waals surface area contributed by atoms with Crippen molar-refractivity contribution < 1.29 is 9.47 Å². The monoisotopic (exact) mass is 287 g/mol. The summed E-state index contributed by atoms with van der Waals surface area (Å²) in [4.78, 5) is 8.41. The van der Waals surface area contributed by atoms with E-state index in [0.29, 0.717) is 30.0 Å². The van der Waals surface area contributed by atoms with Crippen LogP contribution in [0.25, 0.3) is 0 Å². The van der Waals surface area contributed by atoms with E-state index in [4.69, 9.17) is 15.2 Å². The van der Waals surface area contributed by atoms with Crippen LogP contribution in [0.2, 0.25) is 0 Å². The molecule has 21 heavy (non-hydrogen) atoms. The minimum absolute atomic E-state index is 0.300. The number of hydrogen-bond donors (Lipinski definition) is 1. The zero-order valence-electron chi connectivity index (χ0n) is 12.7. The fourth-order valence-electron chi connectivity index (χ4n) is 2.05. The predicted octanol–water partition coefficient (Wildman–Crippen LogP) is 3.51. The minimum Gasteiger partial charge on any atom is -0.439 e. The van der Waals surface area contributed by atoms with Crippen LogP contribution >= 0.6 is 0 Å². The van der Waals surface area contributed by atoms with Gasteiger partial charge in [0.25, 0.3) is 0 Å². The maximum absolute atomic E-state index is 5.91. The highest BCUT2D eigenvalue weighted by atomic mass is 16.5. The molecule has 1 atom stereocenters. The molecule has 0 aliphatic rings. The van der Waals surface area contributed by atoms with Crippen LogP contribution in [-0.4, -0.2) is 17.1 Å². The lowest BCUT2D eigenvalue weighted by atomic mass is 9.98. The van der Waals surface area contributed by atoms with Gasteiger partial charge in [-0.15, -0.1) is 0 Å². The lowest BCUT2D eigenvalue weighted by Gasteiger charge is -2.15. The third kappa shape index (κ3) is 3.92. The Balaban J connectivity index is 2.30. The molecular formula is C16H21N3O2. The van der Waals surface area contributed by atoms with Crippen LogP contribution in [0.4, 0.5) is 5.82 Å². The van der Waals surface area contributed by atoms with Crippen molar-refractivity contribution in [1.82, 2.24) is 9.97 Å². The third-order valence-electron chi connectivity index (χ3n) is 3.32. The summed E-state index contributed by atoms with van der Waals surface area (Å²) in [5, 5.41) is 0. The fraction of sp³-hybridized carbons (Fsp3) is 0.375. The average molecular weight is 287 g/mol. The Kier molecular flexibility index (Phi) is 5.11. The molecule has 2 N–H and O–H groups in total. The quantitative estimate of drug-likeness (QED) is 0.880. The predicted molar refractivity (Wildman–Crippen MR) is 82.4 cm³/mol. The first kappa shape index (κ1) is 15.3. The highest BCUT2D eigenvalue weighted by Crippen LogP contribution is 2.31. The third-order valence-corrected chi connectivity index (χ3v) is 3.32. The summed E-state index contributed by atoms with van der Waals surface area (Å²) < 4.78 is 10.9. The number of hydrogen-bond acceptors (Lipinski definition) is 5. The zero-order chi connectivity index (χ0) is 15.2. The van der Waals surface area contributed by atoms with Crippen LogP contribution < -0.4 is 10.5 Å². The topological polar surface area (TPSA) is 70.3 Å². The van der Waals surface area contributed by atoms with Gasteiger partial charge in [0.15, 0.2) is 5.82 Å². The maximum Gasteiger partial charge on any atom is 0.224 e. The molecule has 0 aliphatic heterocycles. The molecule has 0 bridgehead atoms. The van der Waals surface area contributed by atoms with Gasteiger partial charge in [0.2, 0.25) is 5.88 Å². The molecule has 0 radical (unpaired) electrons. The highest BCUT2D eigenvalue weighted by Gasteiger charge is 2.12. The normalized spacial score (nSPS) is 12.1. The molecule has 1 aromatic carbocycles. The summed E-state index contributed by atoms with van der Waals surface area (Å²) in [5.41, 5.74) is 6.94. The Morgan fingerprint density at radius 1 is 1.24 bits per heavy atom. The van der Waals surface area contributed by atoms with Gasteiger partial charge in [-0.3, -0.25) is 0 Å². The van der Waals surface area contributed by atoms with Gasteiger partial charge in [-0.05, 0) is 24.0 Å². The molecule has 0 saturated heterocycles. The van der Waals surface area contributed by atoms with Gasteiger partial charge in [0, 0.05) is 13.2 Å². The number of aromatic nitrogens is 2. The van der Waals surface area contributed by atoms with Crippen molar-refractivity contribution in [2.45, 2.75) is 32.8 Å². The number of nitrogen functional groups attached to an aromatic ring is 1. The van der Waals surface area contributed by atoms with E-state index in [9.17, 15) is 0 Å². The van der Waals surface area contributed by atoms with Crippen molar-refractivity contribution in [1.29, 1.82) is 0 Å². The van der Waals surface area contributed by atoms with Crippen molar-refractivity contribution in [2.24, 2.45) is 0 Å². The van der Waals surface area contributed by atoms with Crippen LogP contribution in [0.15, 0.2) is 30.3 Å². The molecule has 0 amide bonds. The Hall–Kier alpha value is -2.14. The van der Waals surface area contributed by atoms with E-state index in [1.54, 1.807) is 13.2 Å². The van der Waals surface area contributed by atoms with E-state index in [0.717, 1.165) is 17.7 Å². The molecule has 5 nitrogen and oxygen atoms in total. The minimum atomic E-state index is 0.300. The summed E-state index contributed by atoms with van der Waals surface area (Å²) in [6.45, 7) is 4.63. The molecule has 0 saturated carbocycles. The number of methoxy groups -OCH3 is 1. The molecule has 2 aromatic rings. The van der Waals surface area contributed by atoms with Crippen LogP contribution in [0.3, 0.4) is 0 Å². The molecule has 1 heterocycles. The molecule has 0 fully saturated rings. The number of rotatable bonds is 6. The first-order valence-electron chi connectivity index (χ1n) is 7.03. The second-order valence-corrected chi connectivity index (χ2v) is 4.93. The van der Waals surface area contributed by atoms with Gasteiger partial charge < -0.3 is 15.2 Å². The van der Waals surface area contributed by atoms with Crippen LogP contribution in [-0.2, 0) is 11.3 Å². The summed E-state index contributed by atoms with van der Waals surface area (Å²) in [5.74, 6) is 2.53. The Labute approximate surface area is 125 Å². The molecule has 2 rings (SSSR count). The summed E-state index contributed by atoms with van der Waals surface area (Å²) in [7, 11) is 1.59. The van der Waals surface area contributed by atoms with E-state index < -0.39 is 0 Å². The van der Waals surface area contributed by atoms with Crippen molar-refractivity contribution >= 4 is 5.82 Å². The second-order valence-electron chi connectivity index (χ2n) is 4.93. The van der Waals surface area contributed by atoms with E-state index in [1.807, 2.05) is 18.2 Å². The maximum atomic E-state index is 5.91. The van der Waals surface area contributed by atoms with E-state index >= 15 is 0 Å². The first-order chi connectivity index (χ1) is 10.1. The van der Waals surface area contributed by atoms with Gasteiger partial charge in [-0.1, -0.05) is 32.0 Å². The van der Waals surface area contributed by atoms with Crippen LogP contribution in [0.1, 0.15) is 37.6 Å². The molecule has 0 aliphatic carbocycles. The van der Waals surface area contributed by atoms with E-state index in [-0.39, 0.29) is 0 Å². The number of anilines is 1. The summed E-state index contributed by atoms with van der Waals surface area (Å²) in [6.07, 6.45) is 1.04. The van der Waals surface area contributed by atoms with Crippen molar-refractivity contribution in [3.8, 4) is 11.6 Å². The van der Waals surface area contributed by atoms with Crippen LogP contribution in [0.5, 0.6) is 11.6 Å². The molecule has 112 valence electrons. The van der Waals surface area contributed by atoms with E-state index in [1.165, 1.54) is 0 Å². The highest BCUT2D eigenvalue weighted by molar-refractivity contribution is 5.40. The van der Waals surface area contributed by atoms with Gasteiger partial charge in [0.1, 0.15) is 18.2 Å². The van der Waals surface area contributed by atoms with Crippen molar-refractivity contribution in [3.05, 3.63) is 41.7 Å². The summed E-state index contributed by atoms with van der Waals surface area (Å²) in [6, 6.07) is 9.59. The molecule has 5 heteroatoms. The smallest absolute Gasteiger partial charge is 0.224 e. The number of para-hydroxylation sites is 1. The fourth-order valence-corrected chi connectivity index (χ4v) is 2.05. The van der Waals surface area contributed by atoms with Gasteiger partial charge in [-0.25, -0.2) is 4.98 Å². The number of ether oxygens (including phenoxy) is 2. The van der Waals surface area contributed by atoms with Crippen molar-refractivity contribution in [2.75, 3.05) is 12.8 Å².